The number of carbonyl (C=O) groups is 2. The van der Waals surface area contributed by atoms with Crippen molar-refractivity contribution >= 4 is 29.5 Å². The third kappa shape index (κ3) is 3.59. The summed E-state index contributed by atoms with van der Waals surface area (Å²) in [7, 11) is 0. The van der Waals surface area contributed by atoms with E-state index >= 15 is 0 Å². The van der Waals surface area contributed by atoms with Gasteiger partial charge in [0.25, 0.3) is 0 Å². The number of nitrogens with zero attached hydrogens (tertiary/aromatic N) is 1. The standard InChI is InChI=1S/C25H26ClNO4/c26-20-6-7-21-16(10-20)2-1-9-25(21)14-27(12-18-3-4-19(18)13-28)22-11-17(24(29)30)5-8-23(22)31-15-25/h5-8,10-11,13,18-19H,1-4,9,12,14-15H2,(H,29,30)/t18-,19-,25?/m0/s1. The molecule has 2 aromatic carbocycles. The Hall–Kier alpha value is -2.53. The van der Waals surface area contributed by atoms with Crippen molar-refractivity contribution in [1.82, 2.24) is 0 Å². The van der Waals surface area contributed by atoms with Gasteiger partial charge in [-0.3, -0.25) is 0 Å². The van der Waals surface area contributed by atoms with Crippen LogP contribution in [0.2, 0.25) is 5.02 Å². The van der Waals surface area contributed by atoms with Gasteiger partial charge >= 0.3 is 5.97 Å². The monoisotopic (exact) mass is 439 g/mol. The summed E-state index contributed by atoms with van der Waals surface area (Å²) in [4.78, 5) is 25.4. The molecule has 2 aliphatic carbocycles. The molecule has 31 heavy (non-hydrogen) atoms. The minimum Gasteiger partial charge on any atom is -0.490 e. The molecule has 0 saturated heterocycles. The van der Waals surface area contributed by atoms with Crippen molar-refractivity contribution in [2.24, 2.45) is 11.8 Å². The predicted molar refractivity (Wildman–Crippen MR) is 119 cm³/mol. The predicted octanol–water partition coefficient (Wildman–Crippen LogP) is 4.74. The largest absolute Gasteiger partial charge is 0.490 e. The summed E-state index contributed by atoms with van der Waals surface area (Å²) < 4.78 is 6.34. The lowest BCUT2D eigenvalue weighted by molar-refractivity contribution is -0.115. The molecule has 3 aliphatic rings. The molecule has 5 nitrogen and oxygen atoms in total. The third-order valence-electron chi connectivity index (χ3n) is 7.39. The van der Waals surface area contributed by atoms with Gasteiger partial charge in [0.2, 0.25) is 0 Å². The number of aryl methyl sites for hydroxylation is 1. The van der Waals surface area contributed by atoms with Crippen molar-refractivity contribution in [3.63, 3.8) is 0 Å². The molecular weight excluding hydrogens is 414 g/mol. The summed E-state index contributed by atoms with van der Waals surface area (Å²) in [6, 6.07) is 11.2. The molecule has 1 aliphatic heterocycles. The van der Waals surface area contributed by atoms with Crippen molar-refractivity contribution in [2.75, 3.05) is 24.6 Å². The Kier molecular flexibility index (Phi) is 5.17. The molecule has 6 heteroatoms. The van der Waals surface area contributed by atoms with Crippen LogP contribution in [0.4, 0.5) is 5.69 Å². The zero-order valence-electron chi connectivity index (χ0n) is 17.4. The molecule has 1 saturated carbocycles. The zero-order valence-corrected chi connectivity index (χ0v) is 18.1. The summed E-state index contributed by atoms with van der Waals surface area (Å²) in [6.45, 7) is 2.01. The number of hydrogen-bond donors (Lipinski definition) is 1. The molecule has 3 atom stereocenters. The van der Waals surface area contributed by atoms with Crippen LogP contribution in [0.1, 0.15) is 47.2 Å². The summed E-state index contributed by atoms with van der Waals surface area (Å²) in [6.07, 6.45) is 6.09. The van der Waals surface area contributed by atoms with Gasteiger partial charge < -0.3 is 19.5 Å². The first-order chi connectivity index (χ1) is 15.0. The Morgan fingerprint density at radius 1 is 1.26 bits per heavy atom. The number of anilines is 1. The zero-order chi connectivity index (χ0) is 21.6. The van der Waals surface area contributed by atoms with Crippen LogP contribution in [0.15, 0.2) is 36.4 Å². The van der Waals surface area contributed by atoms with E-state index in [0.29, 0.717) is 18.3 Å². The van der Waals surface area contributed by atoms with E-state index in [-0.39, 0.29) is 16.9 Å². The quantitative estimate of drug-likeness (QED) is 0.697. The highest BCUT2D eigenvalue weighted by Gasteiger charge is 2.43. The molecule has 1 N–H and O–H groups in total. The fraction of sp³-hybridized carbons (Fsp3) is 0.440. The fourth-order valence-corrected chi connectivity index (χ4v) is 5.73. The number of carboxylic acids is 1. The van der Waals surface area contributed by atoms with Gasteiger partial charge in [-0.15, -0.1) is 0 Å². The first-order valence-corrected chi connectivity index (χ1v) is 11.4. The van der Waals surface area contributed by atoms with Crippen molar-refractivity contribution in [1.29, 1.82) is 0 Å². The number of hydrogen-bond acceptors (Lipinski definition) is 4. The molecule has 1 spiro atoms. The van der Waals surface area contributed by atoms with Gasteiger partial charge in [0.15, 0.2) is 0 Å². The number of fused-ring (bicyclic) bond motifs is 3. The molecule has 0 bridgehead atoms. The molecular formula is C25H26ClNO4. The van der Waals surface area contributed by atoms with Crippen LogP contribution in [0, 0.1) is 11.8 Å². The van der Waals surface area contributed by atoms with Gasteiger partial charge in [-0.05, 0) is 79.5 Å². The van der Waals surface area contributed by atoms with Crippen LogP contribution < -0.4 is 9.64 Å². The fourth-order valence-electron chi connectivity index (χ4n) is 5.53. The van der Waals surface area contributed by atoms with E-state index in [1.165, 1.54) is 11.1 Å². The van der Waals surface area contributed by atoms with Crippen LogP contribution in [0.25, 0.3) is 0 Å². The number of rotatable bonds is 4. The van der Waals surface area contributed by atoms with Gasteiger partial charge in [-0.2, -0.15) is 0 Å². The molecule has 0 amide bonds. The lowest BCUT2D eigenvalue weighted by atomic mass is 9.69. The molecule has 5 rings (SSSR count). The van der Waals surface area contributed by atoms with Crippen molar-refractivity contribution < 1.29 is 19.4 Å². The highest BCUT2D eigenvalue weighted by molar-refractivity contribution is 6.30. The van der Waals surface area contributed by atoms with E-state index in [1.807, 2.05) is 6.07 Å². The van der Waals surface area contributed by atoms with Crippen LogP contribution in [-0.2, 0) is 16.6 Å². The summed E-state index contributed by atoms with van der Waals surface area (Å²) >= 11 is 6.28. The van der Waals surface area contributed by atoms with E-state index in [1.54, 1.807) is 18.2 Å². The van der Waals surface area contributed by atoms with E-state index in [2.05, 4.69) is 17.0 Å². The third-order valence-corrected chi connectivity index (χ3v) is 7.63. The Morgan fingerprint density at radius 2 is 2.13 bits per heavy atom. The van der Waals surface area contributed by atoms with Crippen molar-refractivity contribution in [3.05, 3.63) is 58.1 Å². The van der Waals surface area contributed by atoms with Crippen molar-refractivity contribution in [2.45, 2.75) is 37.5 Å². The SMILES string of the molecule is O=C[C@@H]1CC[C@H]1CN1CC2(CCCc3cc(Cl)ccc32)COc2ccc(C(=O)O)cc21. The summed E-state index contributed by atoms with van der Waals surface area (Å²) in [5.41, 5.74) is 3.42. The Balaban J connectivity index is 1.57. The number of aromatic carboxylic acids is 1. The van der Waals surface area contributed by atoms with Gasteiger partial charge in [0.05, 0.1) is 17.9 Å². The smallest absolute Gasteiger partial charge is 0.335 e. The maximum atomic E-state index is 11.6. The number of benzene rings is 2. The minimum absolute atomic E-state index is 0.0867. The van der Waals surface area contributed by atoms with E-state index in [4.69, 9.17) is 16.3 Å². The van der Waals surface area contributed by atoms with E-state index in [9.17, 15) is 14.7 Å². The van der Waals surface area contributed by atoms with E-state index in [0.717, 1.165) is 62.2 Å². The summed E-state index contributed by atoms with van der Waals surface area (Å²) in [5, 5.41) is 10.3. The van der Waals surface area contributed by atoms with Crippen molar-refractivity contribution in [3.8, 4) is 5.75 Å². The van der Waals surface area contributed by atoms with E-state index < -0.39 is 5.97 Å². The molecule has 1 heterocycles. The van der Waals surface area contributed by atoms with Crippen LogP contribution in [0.3, 0.4) is 0 Å². The average molecular weight is 440 g/mol. The lowest BCUT2D eigenvalue weighted by Crippen LogP contribution is -2.48. The second-order valence-electron chi connectivity index (χ2n) is 9.23. The minimum atomic E-state index is -0.950. The Labute approximate surface area is 187 Å². The number of ether oxygens (including phenoxy) is 1. The highest BCUT2D eigenvalue weighted by atomic mass is 35.5. The number of halogens is 1. The molecule has 1 fully saturated rings. The molecule has 1 unspecified atom stereocenters. The topological polar surface area (TPSA) is 66.8 Å². The molecule has 162 valence electrons. The molecule has 2 aromatic rings. The normalized spacial score (nSPS) is 26.8. The first kappa shape index (κ1) is 20.4. The van der Waals surface area contributed by atoms with Gasteiger partial charge in [-0.1, -0.05) is 17.7 Å². The molecule has 0 radical (unpaired) electrons. The number of aldehydes is 1. The maximum Gasteiger partial charge on any atom is 0.335 e. The summed E-state index contributed by atoms with van der Waals surface area (Å²) in [5.74, 6) is 0.143. The van der Waals surface area contributed by atoms with Gasteiger partial charge in [-0.25, -0.2) is 4.79 Å². The van der Waals surface area contributed by atoms with Crippen LogP contribution >= 0.6 is 11.6 Å². The number of carboxylic acid groups (broad SMARTS) is 1. The Morgan fingerprint density at radius 3 is 2.87 bits per heavy atom. The maximum absolute atomic E-state index is 11.6. The first-order valence-electron chi connectivity index (χ1n) is 11.0. The highest BCUT2D eigenvalue weighted by Crippen LogP contribution is 2.45. The van der Waals surface area contributed by atoms with Gasteiger partial charge in [0.1, 0.15) is 12.0 Å². The van der Waals surface area contributed by atoms with Crippen LogP contribution in [-0.4, -0.2) is 37.1 Å². The Bertz CT molecular complexity index is 1040. The average Bonchev–Trinajstić information content (AvgIpc) is 2.89. The van der Waals surface area contributed by atoms with Crippen LogP contribution in [0.5, 0.6) is 5.75 Å². The second kappa shape index (κ2) is 7.86. The molecule has 0 aromatic heterocycles. The number of carbonyl (C=O) groups excluding carboxylic acids is 1. The van der Waals surface area contributed by atoms with Gasteiger partial charge in [0, 0.05) is 29.4 Å². The lowest BCUT2D eigenvalue weighted by Gasteiger charge is -2.43. The second-order valence-corrected chi connectivity index (χ2v) is 9.67.